The predicted molar refractivity (Wildman–Crippen MR) is 70.5 cm³/mol. The number of urea groups is 1. The molecule has 0 aliphatic rings. The number of rotatable bonds is 10. The van der Waals surface area contributed by atoms with Gasteiger partial charge in [0.25, 0.3) is 0 Å². The van der Waals surface area contributed by atoms with Gasteiger partial charge in [-0.1, -0.05) is 12.2 Å². The molecule has 1 atom stereocenters. The molecule has 0 aromatic rings. The normalized spacial score (nSPS) is 11.4. The summed E-state index contributed by atoms with van der Waals surface area (Å²) < 4.78 is 5.14. The van der Waals surface area contributed by atoms with Crippen molar-refractivity contribution >= 4 is 18.0 Å². The highest BCUT2D eigenvalue weighted by Crippen LogP contribution is 1.97. The molecule has 0 fully saturated rings. The Hall–Kier alpha value is -2.09. The third-order valence-corrected chi connectivity index (χ3v) is 2.13. The summed E-state index contributed by atoms with van der Waals surface area (Å²) in [5, 5.41) is 21.9. The summed E-state index contributed by atoms with van der Waals surface area (Å²) in [6.07, 6.45) is -0.511. The molecular formula is C12H20N2O6. The van der Waals surface area contributed by atoms with E-state index < -0.39 is 24.0 Å². The monoisotopic (exact) mass is 288 g/mol. The van der Waals surface area contributed by atoms with Crippen molar-refractivity contribution in [3.8, 4) is 0 Å². The van der Waals surface area contributed by atoms with Gasteiger partial charge in [-0.3, -0.25) is 4.79 Å². The van der Waals surface area contributed by atoms with Crippen molar-refractivity contribution in [1.29, 1.82) is 0 Å². The van der Waals surface area contributed by atoms with E-state index in [2.05, 4.69) is 17.2 Å². The van der Waals surface area contributed by atoms with Crippen LogP contribution in [0.2, 0.25) is 0 Å². The van der Waals surface area contributed by atoms with Crippen LogP contribution < -0.4 is 10.6 Å². The number of hydrogen-bond acceptors (Lipinski definition) is 4. The van der Waals surface area contributed by atoms with Crippen LogP contribution in [0.1, 0.15) is 19.8 Å². The molecular weight excluding hydrogens is 268 g/mol. The van der Waals surface area contributed by atoms with Gasteiger partial charge in [-0.2, -0.15) is 0 Å². The summed E-state index contributed by atoms with van der Waals surface area (Å²) in [4.78, 5) is 32.6. The average Bonchev–Trinajstić information content (AvgIpc) is 2.32. The Kier molecular flexibility index (Phi) is 8.77. The van der Waals surface area contributed by atoms with E-state index in [0.717, 1.165) is 5.57 Å². The number of nitrogens with one attached hydrogen (secondary N) is 2. The lowest BCUT2D eigenvalue weighted by atomic mass is 10.1. The maximum Gasteiger partial charge on any atom is 0.326 e. The number of amides is 2. The first-order valence-electron chi connectivity index (χ1n) is 6.04. The largest absolute Gasteiger partial charge is 0.481 e. The Labute approximate surface area is 116 Å². The van der Waals surface area contributed by atoms with E-state index in [1.54, 1.807) is 6.92 Å². The smallest absolute Gasteiger partial charge is 0.326 e. The van der Waals surface area contributed by atoms with Gasteiger partial charge in [-0.25, -0.2) is 9.59 Å². The third-order valence-electron chi connectivity index (χ3n) is 2.13. The highest BCUT2D eigenvalue weighted by atomic mass is 16.5. The number of aliphatic carboxylic acids is 2. The van der Waals surface area contributed by atoms with Crippen molar-refractivity contribution in [3.05, 3.63) is 12.2 Å². The standard InChI is InChI=1S/C12H20N2O6/c1-8(2)7-20-6-5-13-12(19)14-9(11(17)18)3-4-10(15)16/h9H,1,3-7H2,2H3,(H,15,16)(H,17,18)(H2,13,14,19)/t9-/m0/s1. The minimum atomic E-state index is -1.28. The van der Waals surface area contributed by atoms with Crippen molar-refractivity contribution in [2.24, 2.45) is 0 Å². The second-order valence-electron chi connectivity index (χ2n) is 4.23. The Morgan fingerprint density at radius 1 is 1.30 bits per heavy atom. The molecule has 0 aromatic carbocycles. The molecule has 0 spiro atoms. The van der Waals surface area contributed by atoms with Gasteiger partial charge in [0.05, 0.1) is 13.2 Å². The highest BCUT2D eigenvalue weighted by molar-refractivity contribution is 5.82. The molecule has 0 radical (unpaired) electrons. The maximum absolute atomic E-state index is 11.4. The molecule has 2 amide bonds. The Balaban J connectivity index is 3.92. The fraction of sp³-hybridized carbons (Fsp3) is 0.583. The second-order valence-corrected chi connectivity index (χ2v) is 4.23. The third kappa shape index (κ3) is 9.89. The predicted octanol–water partition coefficient (Wildman–Crippen LogP) is 0.196. The summed E-state index contributed by atoms with van der Waals surface area (Å²) in [5.41, 5.74) is 0.856. The van der Waals surface area contributed by atoms with Crippen LogP contribution in [0, 0.1) is 0 Å². The van der Waals surface area contributed by atoms with E-state index in [0.29, 0.717) is 6.61 Å². The number of hydrogen-bond donors (Lipinski definition) is 4. The van der Waals surface area contributed by atoms with E-state index in [1.807, 2.05) is 0 Å². The molecule has 114 valence electrons. The topological polar surface area (TPSA) is 125 Å². The fourth-order valence-corrected chi connectivity index (χ4v) is 1.22. The highest BCUT2D eigenvalue weighted by Gasteiger charge is 2.20. The van der Waals surface area contributed by atoms with Gasteiger partial charge in [0.15, 0.2) is 0 Å². The lowest BCUT2D eigenvalue weighted by Crippen LogP contribution is -2.46. The summed E-state index contributed by atoms with van der Waals surface area (Å²) in [6, 6.07) is -1.91. The summed E-state index contributed by atoms with van der Waals surface area (Å²) in [6.45, 7) is 6.32. The molecule has 0 saturated heterocycles. The summed E-state index contributed by atoms with van der Waals surface area (Å²) >= 11 is 0. The van der Waals surface area contributed by atoms with Crippen LogP contribution in [-0.2, 0) is 14.3 Å². The minimum Gasteiger partial charge on any atom is -0.481 e. The lowest BCUT2D eigenvalue weighted by Gasteiger charge is -2.14. The van der Waals surface area contributed by atoms with Crippen LogP contribution in [0.15, 0.2) is 12.2 Å². The van der Waals surface area contributed by atoms with Crippen LogP contribution in [-0.4, -0.2) is 54.0 Å². The zero-order valence-electron chi connectivity index (χ0n) is 11.3. The molecule has 0 saturated carbocycles. The zero-order chi connectivity index (χ0) is 15.5. The van der Waals surface area contributed by atoms with Crippen LogP contribution >= 0.6 is 0 Å². The van der Waals surface area contributed by atoms with Crippen molar-refractivity contribution in [3.63, 3.8) is 0 Å². The zero-order valence-corrected chi connectivity index (χ0v) is 11.3. The number of carbonyl (C=O) groups excluding carboxylic acids is 1. The van der Waals surface area contributed by atoms with Crippen molar-refractivity contribution in [2.75, 3.05) is 19.8 Å². The minimum absolute atomic E-state index is 0.176. The quantitative estimate of drug-likeness (QED) is 0.336. The molecule has 0 rings (SSSR count). The van der Waals surface area contributed by atoms with Crippen LogP contribution in [0.4, 0.5) is 4.79 Å². The van der Waals surface area contributed by atoms with Gasteiger partial charge in [0.1, 0.15) is 6.04 Å². The molecule has 0 heterocycles. The Bertz CT molecular complexity index is 369. The SMILES string of the molecule is C=C(C)COCCNC(=O)N[C@@H](CCC(=O)O)C(=O)O. The van der Waals surface area contributed by atoms with Crippen LogP contribution in [0.3, 0.4) is 0 Å². The van der Waals surface area contributed by atoms with Gasteiger partial charge in [0, 0.05) is 13.0 Å². The van der Waals surface area contributed by atoms with E-state index in [-0.39, 0.29) is 26.0 Å². The van der Waals surface area contributed by atoms with Gasteiger partial charge in [-0.05, 0) is 13.3 Å². The average molecular weight is 288 g/mol. The first-order valence-corrected chi connectivity index (χ1v) is 6.04. The molecule has 4 N–H and O–H groups in total. The molecule has 0 bridgehead atoms. The number of carboxylic acid groups (broad SMARTS) is 2. The summed E-state index contributed by atoms with van der Waals surface area (Å²) in [5.74, 6) is -2.40. The first kappa shape index (κ1) is 17.9. The lowest BCUT2D eigenvalue weighted by molar-refractivity contribution is -0.140. The Morgan fingerprint density at radius 3 is 2.45 bits per heavy atom. The fourth-order valence-electron chi connectivity index (χ4n) is 1.22. The molecule has 8 heteroatoms. The van der Waals surface area contributed by atoms with Gasteiger partial charge in [-0.15, -0.1) is 0 Å². The number of carboxylic acids is 2. The van der Waals surface area contributed by atoms with E-state index in [4.69, 9.17) is 14.9 Å². The first-order chi connectivity index (χ1) is 9.32. The van der Waals surface area contributed by atoms with Crippen LogP contribution in [0.25, 0.3) is 0 Å². The van der Waals surface area contributed by atoms with Gasteiger partial charge < -0.3 is 25.6 Å². The maximum atomic E-state index is 11.4. The van der Waals surface area contributed by atoms with Crippen molar-refractivity contribution in [2.45, 2.75) is 25.8 Å². The second kappa shape index (κ2) is 9.79. The number of ether oxygens (including phenoxy) is 1. The molecule has 0 aromatic heterocycles. The molecule has 8 nitrogen and oxygen atoms in total. The molecule has 0 aliphatic heterocycles. The Morgan fingerprint density at radius 2 is 1.95 bits per heavy atom. The van der Waals surface area contributed by atoms with Gasteiger partial charge >= 0.3 is 18.0 Å². The van der Waals surface area contributed by atoms with E-state index in [9.17, 15) is 14.4 Å². The van der Waals surface area contributed by atoms with Crippen LogP contribution in [0.5, 0.6) is 0 Å². The van der Waals surface area contributed by atoms with Crippen molar-refractivity contribution in [1.82, 2.24) is 10.6 Å². The molecule has 0 unspecified atom stereocenters. The van der Waals surface area contributed by atoms with E-state index in [1.165, 1.54) is 0 Å². The molecule has 0 aliphatic carbocycles. The van der Waals surface area contributed by atoms with E-state index >= 15 is 0 Å². The number of carbonyl (C=O) groups is 3. The molecule has 20 heavy (non-hydrogen) atoms. The van der Waals surface area contributed by atoms with Crippen molar-refractivity contribution < 1.29 is 29.3 Å². The summed E-state index contributed by atoms with van der Waals surface area (Å²) in [7, 11) is 0. The van der Waals surface area contributed by atoms with Gasteiger partial charge in [0.2, 0.25) is 0 Å².